The Balaban J connectivity index is 0.00000341. The molecule has 2 aromatic rings. The molecule has 6 nitrogen and oxygen atoms in total. The molecule has 31 heavy (non-hydrogen) atoms. The molecular weight excluding hydrogens is 501 g/mol. The normalized spacial score (nSPS) is 14.5. The summed E-state index contributed by atoms with van der Waals surface area (Å²) in [5, 5.41) is 6.67. The molecule has 2 aromatic carbocycles. The fraction of sp³-hybridized carbons (Fsp3) is 0.417. The van der Waals surface area contributed by atoms with Gasteiger partial charge in [0.25, 0.3) is 0 Å². The van der Waals surface area contributed by atoms with Gasteiger partial charge in [-0.05, 0) is 61.7 Å². The van der Waals surface area contributed by atoms with Gasteiger partial charge in [0.2, 0.25) is 5.91 Å². The van der Waals surface area contributed by atoms with Crippen molar-refractivity contribution in [2.75, 3.05) is 19.6 Å². The van der Waals surface area contributed by atoms with Gasteiger partial charge < -0.3 is 16.4 Å². The van der Waals surface area contributed by atoms with Gasteiger partial charge in [-0.3, -0.25) is 9.69 Å². The van der Waals surface area contributed by atoms with E-state index in [9.17, 15) is 4.79 Å². The summed E-state index contributed by atoms with van der Waals surface area (Å²) in [6.45, 7) is 7.58. The molecule has 0 saturated carbocycles. The van der Waals surface area contributed by atoms with Crippen LogP contribution < -0.4 is 16.4 Å². The lowest BCUT2D eigenvalue weighted by Gasteiger charge is -2.26. The lowest BCUT2D eigenvalue weighted by Crippen LogP contribution is -2.36. The Kier molecular flexibility index (Phi) is 10.8. The van der Waals surface area contributed by atoms with Gasteiger partial charge in [0.15, 0.2) is 5.96 Å². The molecule has 1 aliphatic rings. The van der Waals surface area contributed by atoms with Crippen LogP contribution in [-0.2, 0) is 19.6 Å². The number of carbonyl (C=O) groups is 1. The number of nitrogens with two attached hydrogens (primary N) is 1. The predicted molar refractivity (Wildman–Crippen MR) is 138 cm³/mol. The Bertz CT molecular complexity index is 830. The summed E-state index contributed by atoms with van der Waals surface area (Å²) in [4.78, 5) is 18.4. The van der Waals surface area contributed by atoms with Crippen LogP contribution in [0.2, 0.25) is 0 Å². The number of rotatable bonds is 8. The SMILES string of the molecule is CCNC(=NCc1ccc(C(N)=O)cc1)NCc1ccc(CN2CCCCC2)cc1.I. The maximum absolute atomic E-state index is 11.2. The Morgan fingerprint density at radius 1 is 0.935 bits per heavy atom. The van der Waals surface area contributed by atoms with Gasteiger partial charge in [-0.2, -0.15) is 0 Å². The second kappa shape index (κ2) is 13.3. The van der Waals surface area contributed by atoms with Gasteiger partial charge in [-0.1, -0.05) is 42.8 Å². The van der Waals surface area contributed by atoms with E-state index in [4.69, 9.17) is 5.73 Å². The number of aliphatic imine (C=N–C) groups is 1. The molecule has 1 fully saturated rings. The smallest absolute Gasteiger partial charge is 0.248 e. The molecule has 0 atom stereocenters. The van der Waals surface area contributed by atoms with Crippen LogP contribution in [0.3, 0.4) is 0 Å². The first-order valence-electron chi connectivity index (χ1n) is 10.8. The second-order valence-electron chi connectivity index (χ2n) is 7.76. The first-order chi connectivity index (χ1) is 14.6. The van der Waals surface area contributed by atoms with E-state index in [0.29, 0.717) is 12.1 Å². The monoisotopic (exact) mass is 535 g/mol. The van der Waals surface area contributed by atoms with Crippen LogP contribution >= 0.6 is 24.0 Å². The molecule has 1 aliphatic heterocycles. The third-order valence-corrected chi connectivity index (χ3v) is 5.34. The van der Waals surface area contributed by atoms with Crippen molar-refractivity contribution in [2.45, 2.75) is 45.8 Å². The number of carbonyl (C=O) groups excluding carboxylic acids is 1. The Morgan fingerprint density at radius 2 is 1.55 bits per heavy atom. The van der Waals surface area contributed by atoms with Crippen molar-refractivity contribution < 1.29 is 4.79 Å². The van der Waals surface area contributed by atoms with Crippen molar-refractivity contribution in [3.05, 3.63) is 70.8 Å². The molecule has 0 radical (unpaired) electrons. The van der Waals surface area contributed by atoms with Gasteiger partial charge >= 0.3 is 0 Å². The van der Waals surface area contributed by atoms with Gasteiger partial charge in [0.05, 0.1) is 6.54 Å². The molecule has 0 bridgehead atoms. The molecule has 0 aromatic heterocycles. The zero-order chi connectivity index (χ0) is 21.2. The summed E-state index contributed by atoms with van der Waals surface area (Å²) in [5.41, 5.74) is 9.43. The van der Waals surface area contributed by atoms with Crippen LogP contribution in [0.5, 0.6) is 0 Å². The minimum absolute atomic E-state index is 0. The number of guanidine groups is 1. The maximum Gasteiger partial charge on any atom is 0.248 e. The predicted octanol–water partition coefficient (Wildman–Crippen LogP) is 3.64. The molecule has 0 spiro atoms. The highest BCUT2D eigenvalue weighted by Gasteiger charge is 2.10. The minimum Gasteiger partial charge on any atom is -0.366 e. The van der Waals surface area contributed by atoms with Crippen LogP contribution in [0.25, 0.3) is 0 Å². The Hall–Kier alpha value is -2.13. The number of piperidine rings is 1. The molecule has 0 aliphatic carbocycles. The Morgan fingerprint density at radius 3 is 2.16 bits per heavy atom. The summed E-state index contributed by atoms with van der Waals surface area (Å²) in [6.07, 6.45) is 4.02. The number of benzene rings is 2. The van der Waals surface area contributed by atoms with E-state index in [1.807, 2.05) is 19.1 Å². The lowest BCUT2D eigenvalue weighted by molar-refractivity contribution is 0.100. The van der Waals surface area contributed by atoms with E-state index >= 15 is 0 Å². The number of amides is 1. The first kappa shape index (κ1) is 25.1. The molecule has 7 heteroatoms. The number of hydrogen-bond donors (Lipinski definition) is 3. The van der Waals surface area contributed by atoms with Crippen LogP contribution in [0, 0.1) is 0 Å². The average molecular weight is 535 g/mol. The molecule has 0 unspecified atom stereocenters. The standard InChI is InChI=1S/C24H33N5O.HI/c1-2-26-24(28-17-20-10-12-22(13-11-20)23(25)30)27-16-19-6-8-21(9-7-19)18-29-14-4-3-5-15-29;/h6-13H,2-5,14-18H2,1H3,(H2,25,30)(H2,26,27,28);1H. The van der Waals surface area contributed by atoms with Crippen molar-refractivity contribution in [3.63, 3.8) is 0 Å². The number of likely N-dealkylation sites (tertiary alicyclic amines) is 1. The quantitative estimate of drug-likeness (QED) is 0.274. The van der Waals surface area contributed by atoms with Crippen LogP contribution in [0.15, 0.2) is 53.5 Å². The largest absolute Gasteiger partial charge is 0.366 e. The van der Waals surface area contributed by atoms with Crippen LogP contribution in [-0.4, -0.2) is 36.4 Å². The fourth-order valence-corrected chi connectivity index (χ4v) is 3.61. The fourth-order valence-electron chi connectivity index (χ4n) is 3.61. The number of hydrogen-bond acceptors (Lipinski definition) is 3. The first-order valence-corrected chi connectivity index (χ1v) is 10.8. The van der Waals surface area contributed by atoms with Crippen molar-refractivity contribution in [2.24, 2.45) is 10.7 Å². The average Bonchev–Trinajstić information content (AvgIpc) is 2.77. The summed E-state index contributed by atoms with van der Waals surface area (Å²) < 4.78 is 0. The van der Waals surface area contributed by atoms with E-state index in [2.05, 4.69) is 44.8 Å². The maximum atomic E-state index is 11.2. The van der Waals surface area contributed by atoms with E-state index in [-0.39, 0.29) is 24.0 Å². The van der Waals surface area contributed by atoms with Crippen molar-refractivity contribution in [1.29, 1.82) is 0 Å². The van der Waals surface area contributed by atoms with E-state index in [0.717, 1.165) is 31.2 Å². The van der Waals surface area contributed by atoms with Crippen molar-refractivity contribution >= 4 is 35.8 Å². The lowest BCUT2D eigenvalue weighted by atomic mass is 10.1. The molecule has 4 N–H and O–H groups in total. The summed E-state index contributed by atoms with van der Waals surface area (Å²) >= 11 is 0. The van der Waals surface area contributed by atoms with Crippen molar-refractivity contribution in [3.8, 4) is 0 Å². The molecular formula is C24H34IN5O. The number of primary amides is 1. The zero-order valence-corrected chi connectivity index (χ0v) is 20.6. The molecule has 168 valence electrons. The third-order valence-electron chi connectivity index (χ3n) is 5.34. The number of nitrogens with one attached hydrogen (secondary N) is 2. The van der Waals surface area contributed by atoms with E-state index in [1.165, 1.54) is 43.5 Å². The third kappa shape index (κ3) is 8.49. The molecule has 1 amide bonds. The van der Waals surface area contributed by atoms with Gasteiger partial charge in [-0.25, -0.2) is 4.99 Å². The van der Waals surface area contributed by atoms with Gasteiger partial charge in [0.1, 0.15) is 0 Å². The van der Waals surface area contributed by atoms with Crippen LogP contribution in [0.1, 0.15) is 53.2 Å². The summed E-state index contributed by atoms with van der Waals surface area (Å²) in [5.74, 6) is 0.357. The minimum atomic E-state index is -0.415. The van der Waals surface area contributed by atoms with Gasteiger partial charge in [0, 0.05) is 25.2 Å². The Labute approximate surface area is 202 Å². The van der Waals surface area contributed by atoms with Crippen LogP contribution in [0.4, 0.5) is 0 Å². The molecule has 1 saturated heterocycles. The van der Waals surface area contributed by atoms with Gasteiger partial charge in [-0.15, -0.1) is 24.0 Å². The topological polar surface area (TPSA) is 82.7 Å². The summed E-state index contributed by atoms with van der Waals surface area (Å²) in [6, 6.07) is 16.1. The molecule has 3 rings (SSSR count). The second-order valence-corrected chi connectivity index (χ2v) is 7.76. The van der Waals surface area contributed by atoms with E-state index in [1.54, 1.807) is 12.1 Å². The number of nitrogens with zero attached hydrogens (tertiary/aromatic N) is 2. The highest BCUT2D eigenvalue weighted by Crippen LogP contribution is 2.13. The molecule has 1 heterocycles. The highest BCUT2D eigenvalue weighted by molar-refractivity contribution is 14.0. The van der Waals surface area contributed by atoms with E-state index < -0.39 is 5.91 Å². The number of halogens is 1. The summed E-state index contributed by atoms with van der Waals surface area (Å²) in [7, 11) is 0. The highest BCUT2D eigenvalue weighted by atomic mass is 127. The zero-order valence-electron chi connectivity index (χ0n) is 18.3. The van der Waals surface area contributed by atoms with Crippen molar-refractivity contribution in [1.82, 2.24) is 15.5 Å².